The Labute approximate surface area is 118 Å². The average molecular weight is 300 g/mol. The molecular formula is C12H16N2O5S. The highest BCUT2D eigenvalue weighted by Crippen LogP contribution is 2.28. The number of carbonyl (C=O) groups is 2. The molecule has 0 aliphatic heterocycles. The summed E-state index contributed by atoms with van der Waals surface area (Å²) in [5.74, 6) is -1.92. The fourth-order valence-electron chi connectivity index (χ4n) is 2.47. The summed E-state index contributed by atoms with van der Waals surface area (Å²) in [6.45, 7) is -0.372. The number of nitrogens with one attached hydrogen (secondary N) is 1. The zero-order chi connectivity index (χ0) is 14.8. The maximum Gasteiger partial charge on any atom is 0.329 e. The SMILES string of the molecule is O=C(Cn1c(O)csc1=O)NC1(C(=O)O)CCCCC1. The van der Waals surface area contributed by atoms with Crippen LogP contribution >= 0.6 is 11.3 Å². The Morgan fingerprint density at radius 2 is 2.00 bits per heavy atom. The van der Waals surface area contributed by atoms with Gasteiger partial charge >= 0.3 is 10.8 Å². The summed E-state index contributed by atoms with van der Waals surface area (Å²) in [5.41, 5.74) is -1.25. The molecule has 0 bridgehead atoms. The van der Waals surface area contributed by atoms with E-state index in [0.29, 0.717) is 12.8 Å². The van der Waals surface area contributed by atoms with Crippen molar-refractivity contribution in [3.8, 4) is 5.88 Å². The predicted octanol–water partition coefficient (Wildman–Crippen LogP) is 0.519. The van der Waals surface area contributed by atoms with E-state index < -0.39 is 22.3 Å². The monoisotopic (exact) mass is 300 g/mol. The van der Waals surface area contributed by atoms with E-state index in [4.69, 9.17) is 0 Å². The Hall–Kier alpha value is -1.83. The first-order chi connectivity index (χ1) is 9.44. The normalized spacial score (nSPS) is 17.6. The third-order valence-corrected chi connectivity index (χ3v) is 4.31. The number of hydrogen-bond acceptors (Lipinski definition) is 5. The van der Waals surface area contributed by atoms with Gasteiger partial charge in [0.1, 0.15) is 12.1 Å². The Morgan fingerprint density at radius 3 is 2.50 bits per heavy atom. The van der Waals surface area contributed by atoms with Gasteiger partial charge in [-0.15, -0.1) is 0 Å². The molecule has 0 unspecified atom stereocenters. The molecule has 110 valence electrons. The van der Waals surface area contributed by atoms with Crippen LogP contribution < -0.4 is 10.2 Å². The Balaban J connectivity index is 2.10. The van der Waals surface area contributed by atoms with Gasteiger partial charge in [0.2, 0.25) is 11.8 Å². The van der Waals surface area contributed by atoms with Crippen LogP contribution in [0, 0.1) is 0 Å². The quantitative estimate of drug-likeness (QED) is 0.751. The lowest BCUT2D eigenvalue weighted by Crippen LogP contribution is -2.56. The molecule has 3 N–H and O–H groups in total. The first kappa shape index (κ1) is 14.6. The standard InChI is InChI=1S/C12H16N2O5S/c15-8(6-14-9(16)7-20-11(14)19)13-12(10(17)18)4-2-1-3-5-12/h7,16H,1-6H2,(H,13,15)(H,17,18). The van der Waals surface area contributed by atoms with Gasteiger partial charge in [0.25, 0.3) is 0 Å². The first-order valence-corrected chi connectivity index (χ1v) is 7.24. The second-order valence-electron chi connectivity index (χ2n) is 4.94. The number of carboxylic acid groups (broad SMARTS) is 1. The number of amides is 1. The molecule has 1 aromatic rings. The molecule has 1 amide bonds. The number of aromatic nitrogens is 1. The van der Waals surface area contributed by atoms with Gasteiger partial charge in [0, 0.05) is 0 Å². The molecule has 0 spiro atoms. The van der Waals surface area contributed by atoms with Gasteiger partial charge in [-0.3, -0.25) is 14.2 Å². The van der Waals surface area contributed by atoms with Crippen molar-refractivity contribution < 1.29 is 19.8 Å². The van der Waals surface area contributed by atoms with Crippen molar-refractivity contribution in [1.82, 2.24) is 9.88 Å². The molecule has 20 heavy (non-hydrogen) atoms. The first-order valence-electron chi connectivity index (χ1n) is 6.36. The lowest BCUT2D eigenvalue weighted by Gasteiger charge is -2.33. The van der Waals surface area contributed by atoms with Crippen LogP contribution in [0.4, 0.5) is 0 Å². The minimum Gasteiger partial charge on any atom is -0.494 e. The summed E-state index contributed by atoms with van der Waals surface area (Å²) in [7, 11) is 0. The van der Waals surface area contributed by atoms with E-state index in [1.807, 2.05) is 0 Å². The number of nitrogens with zero attached hydrogens (tertiary/aromatic N) is 1. The molecule has 7 nitrogen and oxygen atoms in total. The minimum atomic E-state index is -1.25. The van der Waals surface area contributed by atoms with Crippen molar-refractivity contribution in [2.75, 3.05) is 0 Å². The molecule has 0 aromatic carbocycles. The number of thiazole rings is 1. The van der Waals surface area contributed by atoms with E-state index in [1.54, 1.807) is 0 Å². The van der Waals surface area contributed by atoms with Crippen LogP contribution in [0.25, 0.3) is 0 Å². The van der Waals surface area contributed by atoms with Gasteiger partial charge < -0.3 is 15.5 Å². The number of aromatic hydroxyl groups is 1. The summed E-state index contributed by atoms with van der Waals surface area (Å²) < 4.78 is 0.915. The Bertz CT molecular complexity index is 571. The fraction of sp³-hybridized carbons (Fsp3) is 0.583. The maximum absolute atomic E-state index is 12.0. The van der Waals surface area contributed by atoms with Crippen LogP contribution in [-0.4, -0.2) is 32.2 Å². The van der Waals surface area contributed by atoms with E-state index in [-0.39, 0.29) is 12.4 Å². The van der Waals surface area contributed by atoms with E-state index in [9.17, 15) is 24.6 Å². The molecule has 1 heterocycles. The molecular weight excluding hydrogens is 284 g/mol. The number of carbonyl (C=O) groups excluding carboxylic acids is 1. The molecule has 0 radical (unpaired) electrons. The molecule has 1 aromatic heterocycles. The maximum atomic E-state index is 12.0. The van der Waals surface area contributed by atoms with Gasteiger partial charge in [0.15, 0.2) is 0 Å². The summed E-state index contributed by atoms with van der Waals surface area (Å²) in [4.78, 5) is 34.3. The predicted molar refractivity (Wildman–Crippen MR) is 71.8 cm³/mol. The minimum absolute atomic E-state index is 0.289. The summed E-state index contributed by atoms with van der Waals surface area (Å²) in [5, 5.41) is 22.5. The highest BCUT2D eigenvalue weighted by atomic mass is 32.1. The molecule has 1 fully saturated rings. The van der Waals surface area contributed by atoms with Crippen molar-refractivity contribution in [3.63, 3.8) is 0 Å². The van der Waals surface area contributed by atoms with E-state index >= 15 is 0 Å². The largest absolute Gasteiger partial charge is 0.494 e. The zero-order valence-corrected chi connectivity index (χ0v) is 11.6. The molecule has 8 heteroatoms. The van der Waals surface area contributed by atoms with Crippen molar-refractivity contribution in [3.05, 3.63) is 15.0 Å². The Kier molecular flexibility index (Phi) is 4.12. The van der Waals surface area contributed by atoms with Crippen LogP contribution in [0.15, 0.2) is 10.2 Å². The summed E-state index contributed by atoms with van der Waals surface area (Å²) in [6, 6.07) is 0. The molecule has 1 saturated carbocycles. The number of hydrogen-bond donors (Lipinski definition) is 3. The molecule has 1 aliphatic rings. The highest BCUT2D eigenvalue weighted by molar-refractivity contribution is 7.07. The summed E-state index contributed by atoms with van der Waals surface area (Å²) >= 11 is 0.786. The third kappa shape index (κ3) is 2.84. The van der Waals surface area contributed by atoms with E-state index in [1.165, 1.54) is 5.38 Å². The van der Waals surface area contributed by atoms with Crippen LogP contribution in [0.2, 0.25) is 0 Å². The molecule has 0 saturated heterocycles. The van der Waals surface area contributed by atoms with Gasteiger partial charge in [-0.2, -0.15) is 0 Å². The lowest BCUT2D eigenvalue weighted by molar-refractivity contribution is -0.149. The highest BCUT2D eigenvalue weighted by Gasteiger charge is 2.40. The average Bonchev–Trinajstić information content (AvgIpc) is 2.71. The van der Waals surface area contributed by atoms with E-state index in [0.717, 1.165) is 35.2 Å². The third-order valence-electron chi connectivity index (χ3n) is 3.56. The van der Waals surface area contributed by atoms with Gasteiger partial charge in [-0.25, -0.2) is 4.79 Å². The number of aliphatic carboxylic acids is 1. The van der Waals surface area contributed by atoms with Crippen LogP contribution in [0.5, 0.6) is 5.88 Å². The fourth-order valence-corrected chi connectivity index (χ4v) is 3.09. The van der Waals surface area contributed by atoms with Crippen LogP contribution in [-0.2, 0) is 16.1 Å². The number of carboxylic acids is 1. The zero-order valence-electron chi connectivity index (χ0n) is 10.8. The molecule has 0 atom stereocenters. The number of rotatable bonds is 4. The second kappa shape index (κ2) is 5.66. The molecule has 1 aliphatic carbocycles. The smallest absolute Gasteiger partial charge is 0.329 e. The molecule has 2 rings (SSSR count). The topological polar surface area (TPSA) is 109 Å². The van der Waals surface area contributed by atoms with Crippen molar-refractivity contribution in [2.45, 2.75) is 44.2 Å². The lowest BCUT2D eigenvalue weighted by atomic mass is 9.81. The Morgan fingerprint density at radius 1 is 1.35 bits per heavy atom. The van der Waals surface area contributed by atoms with Crippen LogP contribution in [0.1, 0.15) is 32.1 Å². The second-order valence-corrected chi connectivity index (χ2v) is 5.76. The van der Waals surface area contributed by atoms with E-state index in [2.05, 4.69) is 5.32 Å². The van der Waals surface area contributed by atoms with Crippen LogP contribution in [0.3, 0.4) is 0 Å². The summed E-state index contributed by atoms with van der Waals surface area (Å²) in [6.07, 6.45) is 3.22. The van der Waals surface area contributed by atoms with Gasteiger partial charge in [0.05, 0.1) is 5.38 Å². The van der Waals surface area contributed by atoms with Crippen molar-refractivity contribution in [1.29, 1.82) is 0 Å². The van der Waals surface area contributed by atoms with Crippen molar-refractivity contribution in [2.24, 2.45) is 0 Å². The van der Waals surface area contributed by atoms with Gasteiger partial charge in [-0.1, -0.05) is 30.6 Å². The van der Waals surface area contributed by atoms with Gasteiger partial charge in [-0.05, 0) is 12.8 Å². The van der Waals surface area contributed by atoms with Crippen molar-refractivity contribution >= 4 is 23.2 Å².